The van der Waals surface area contributed by atoms with Gasteiger partial charge in [0.2, 0.25) is 0 Å². The van der Waals surface area contributed by atoms with Crippen LogP contribution >= 0.6 is 0 Å². The summed E-state index contributed by atoms with van der Waals surface area (Å²) in [6, 6.07) is 0. The van der Waals surface area contributed by atoms with E-state index in [0.29, 0.717) is 6.42 Å². The first kappa shape index (κ1) is 9.88. The van der Waals surface area contributed by atoms with Gasteiger partial charge in [0.1, 0.15) is 11.7 Å². The number of aliphatic hydroxyl groups excluding tert-OH is 4. The molecule has 1 heterocycles. The van der Waals surface area contributed by atoms with Crippen LogP contribution in [0.2, 0.25) is 0 Å². The Hall–Kier alpha value is -0.200. The average Bonchev–Trinajstić information content (AvgIpc) is 2.11. The van der Waals surface area contributed by atoms with Gasteiger partial charge in [0.05, 0.1) is 25.9 Å². The lowest BCUT2D eigenvalue weighted by Crippen LogP contribution is -2.59. The van der Waals surface area contributed by atoms with E-state index in [2.05, 4.69) is 0 Å². The summed E-state index contributed by atoms with van der Waals surface area (Å²) >= 11 is 0. The van der Waals surface area contributed by atoms with Gasteiger partial charge in [0.15, 0.2) is 0 Å². The standard InChI is InChI=1S/C7H14O5/c8-3-7(4-9)6(11)5(10)1-2-12-7/h5-6,8-11H,1-4H2/t5-,6-/m1/s1. The quantitative estimate of drug-likeness (QED) is 0.387. The Kier molecular flexibility index (Phi) is 3.03. The van der Waals surface area contributed by atoms with Crippen LogP contribution in [-0.4, -0.2) is 58.1 Å². The Morgan fingerprint density at radius 3 is 2.25 bits per heavy atom. The predicted molar refractivity (Wildman–Crippen MR) is 39.5 cm³/mol. The highest BCUT2D eigenvalue weighted by Gasteiger charge is 2.45. The molecule has 12 heavy (non-hydrogen) atoms. The van der Waals surface area contributed by atoms with E-state index in [4.69, 9.17) is 14.9 Å². The maximum atomic E-state index is 9.39. The van der Waals surface area contributed by atoms with Gasteiger partial charge in [-0.3, -0.25) is 0 Å². The van der Waals surface area contributed by atoms with E-state index in [-0.39, 0.29) is 6.61 Å². The molecule has 0 bridgehead atoms. The predicted octanol–water partition coefficient (Wildman–Crippen LogP) is -2.15. The zero-order valence-corrected chi connectivity index (χ0v) is 6.68. The highest BCUT2D eigenvalue weighted by Crippen LogP contribution is 2.24. The molecule has 0 aromatic rings. The SMILES string of the molecule is OCC1(CO)OCC[C@@H](O)[C@H]1O. The average molecular weight is 178 g/mol. The van der Waals surface area contributed by atoms with Crippen molar-refractivity contribution in [2.45, 2.75) is 24.2 Å². The summed E-state index contributed by atoms with van der Waals surface area (Å²) in [5, 5.41) is 36.4. The van der Waals surface area contributed by atoms with Gasteiger partial charge in [-0.05, 0) is 6.42 Å². The molecule has 0 aromatic carbocycles. The van der Waals surface area contributed by atoms with E-state index >= 15 is 0 Å². The van der Waals surface area contributed by atoms with Crippen molar-refractivity contribution >= 4 is 0 Å². The second kappa shape index (κ2) is 3.68. The van der Waals surface area contributed by atoms with Crippen LogP contribution in [0.25, 0.3) is 0 Å². The van der Waals surface area contributed by atoms with Crippen molar-refractivity contribution < 1.29 is 25.2 Å². The molecule has 1 fully saturated rings. The summed E-state index contributed by atoms with van der Waals surface area (Å²) in [5.74, 6) is 0. The van der Waals surface area contributed by atoms with Gasteiger partial charge in [0, 0.05) is 0 Å². The van der Waals surface area contributed by atoms with E-state index in [9.17, 15) is 10.2 Å². The molecule has 0 spiro atoms. The lowest BCUT2D eigenvalue weighted by molar-refractivity contribution is -0.225. The molecular formula is C7H14O5. The molecule has 0 aromatic heterocycles. The molecular weight excluding hydrogens is 164 g/mol. The smallest absolute Gasteiger partial charge is 0.142 e. The zero-order chi connectivity index (χ0) is 9.19. The van der Waals surface area contributed by atoms with Crippen molar-refractivity contribution in [1.82, 2.24) is 0 Å². The van der Waals surface area contributed by atoms with Crippen LogP contribution in [0.1, 0.15) is 6.42 Å². The molecule has 0 radical (unpaired) electrons. The van der Waals surface area contributed by atoms with Crippen molar-refractivity contribution in [3.63, 3.8) is 0 Å². The third kappa shape index (κ3) is 1.46. The molecule has 0 saturated carbocycles. The first-order chi connectivity index (χ1) is 5.66. The Morgan fingerprint density at radius 1 is 1.25 bits per heavy atom. The van der Waals surface area contributed by atoms with E-state index < -0.39 is 31.0 Å². The third-order valence-corrected chi connectivity index (χ3v) is 2.24. The molecule has 2 atom stereocenters. The second-order valence-corrected chi connectivity index (χ2v) is 3.03. The summed E-state index contributed by atoms with van der Waals surface area (Å²) in [6.45, 7) is -0.761. The molecule has 1 aliphatic heterocycles. The lowest BCUT2D eigenvalue weighted by atomic mass is 9.90. The Bertz CT molecular complexity index is 145. The van der Waals surface area contributed by atoms with Gasteiger partial charge in [-0.25, -0.2) is 0 Å². The van der Waals surface area contributed by atoms with Gasteiger partial charge in [0.25, 0.3) is 0 Å². The molecule has 1 rings (SSSR count). The van der Waals surface area contributed by atoms with Crippen molar-refractivity contribution in [3.8, 4) is 0 Å². The van der Waals surface area contributed by atoms with E-state index in [1.807, 2.05) is 0 Å². The number of hydrogen-bond acceptors (Lipinski definition) is 5. The lowest BCUT2D eigenvalue weighted by Gasteiger charge is -2.40. The molecule has 0 amide bonds. The number of aliphatic hydroxyl groups is 4. The zero-order valence-electron chi connectivity index (χ0n) is 6.68. The van der Waals surface area contributed by atoms with E-state index in [1.54, 1.807) is 0 Å². The van der Waals surface area contributed by atoms with Gasteiger partial charge in [-0.1, -0.05) is 0 Å². The fourth-order valence-corrected chi connectivity index (χ4v) is 1.31. The summed E-state index contributed by atoms with van der Waals surface area (Å²) < 4.78 is 5.04. The van der Waals surface area contributed by atoms with E-state index in [1.165, 1.54) is 0 Å². The Labute approximate surface area is 70.2 Å². The largest absolute Gasteiger partial charge is 0.393 e. The van der Waals surface area contributed by atoms with Crippen molar-refractivity contribution in [3.05, 3.63) is 0 Å². The summed E-state index contributed by atoms with van der Waals surface area (Å²) in [5.41, 5.74) is -1.39. The highest BCUT2D eigenvalue weighted by molar-refractivity contribution is 4.94. The van der Waals surface area contributed by atoms with Crippen LogP contribution < -0.4 is 0 Å². The van der Waals surface area contributed by atoms with Crippen LogP contribution in [0.3, 0.4) is 0 Å². The summed E-state index contributed by atoms with van der Waals surface area (Å²) in [6.07, 6.45) is -1.83. The normalized spacial score (nSPS) is 35.0. The fourth-order valence-electron chi connectivity index (χ4n) is 1.31. The number of rotatable bonds is 2. The second-order valence-electron chi connectivity index (χ2n) is 3.03. The first-order valence-corrected chi connectivity index (χ1v) is 3.88. The topological polar surface area (TPSA) is 90.2 Å². The van der Waals surface area contributed by atoms with E-state index in [0.717, 1.165) is 0 Å². The number of ether oxygens (including phenoxy) is 1. The highest BCUT2D eigenvalue weighted by atomic mass is 16.5. The van der Waals surface area contributed by atoms with Crippen molar-refractivity contribution in [2.24, 2.45) is 0 Å². The van der Waals surface area contributed by atoms with Crippen LogP contribution in [0.15, 0.2) is 0 Å². The maximum Gasteiger partial charge on any atom is 0.142 e. The third-order valence-electron chi connectivity index (χ3n) is 2.24. The molecule has 5 nitrogen and oxygen atoms in total. The Morgan fingerprint density at radius 2 is 1.83 bits per heavy atom. The number of hydrogen-bond donors (Lipinski definition) is 4. The Balaban J connectivity index is 2.71. The molecule has 1 aliphatic rings. The van der Waals surface area contributed by atoms with Gasteiger partial charge in [-0.15, -0.1) is 0 Å². The van der Waals surface area contributed by atoms with Crippen molar-refractivity contribution in [1.29, 1.82) is 0 Å². The molecule has 0 unspecified atom stereocenters. The summed E-state index contributed by atoms with van der Waals surface area (Å²) in [7, 11) is 0. The van der Waals surface area contributed by atoms with Gasteiger partial charge in [-0.2, -0.15) is 0 Å². The van der Waals surface area contributed by atoms with Crippen LogP contribution in [0.4, 0.5) is 0 Å². The summed E-state index contributed by atoms with van der Waals surface area (Å²) in [4.78, 5) is 0. The van der Waals surface area contributed by atoms with Crippen LogP contribution in [-0.2, 0) is 4.74 Å². The first-order valence-electron chi connectivity index (χ1n) is 3.88. The fraction of sp³-hybridized carbons (Fsp3) is 1.00. The van der Waals surface area contributed by atoms with Crippen molar-refractivity contribution in [2.75, 3.05) is 19.8 Å². The van der Waals surface area contributed by atoms with Crippen LogP contribution in [0.5, 0.6) is 0 Å². The monoisotopic (exact) mass is 178 g/mol. The van der Waals surface area contributed by atoms with Gasteiger partial charge >= 0.3 is 0 Å². The molecule has 1 saturated heterocycles. The minimum Gasteiger partial charge on any atom is -0.393 e. The van der Waals surface area contributed by atoms with Crippen LogP contribution in [0, 0.1) is 0 Å². The minimum absolute atomic E-state index is 0.235. The van der Waals surface area contributed by atoms with Gasteiger partial charge < -0.3 is 25.2 Å². The molecule has 72 valence electrons. The maximum absolute atomic E-state index is 9.39. The molecule has 5 heteroatoms. The molecule has 0 aliphatic carbocycles. The minimum atomic E-state index is -1.39. The molecule has 4 N–H and O–H groups in total.